The standard InChI is InChI=1S/C10H16F2N2O/c1-7-4-14(6-9(15)13-7)5-8-2-10(11,12)3-8/h7-8H,2-6H2,1H3,(H,13,15). The minimum absolute atomic E-state index is 0.000154. The maximum Gasteiger partial charge on any atom is 0.248 e. The molecule has 1 saturated carbocycles. The fourth-order valence-corrected chi connectivity index (χ4v) is 2.44. The van der Waals surface area contributed by atoms with Crippen molar-refractivity contribution in [1.29, 1.82) is 0 Å². The Hall–Kier alpha value is -0.710. The Kier molecular flexibility index (Phi) is 2.66. The van der Waals surface area contributed by atoms with Crippen molar-refractivity contribution in [2.75, 3.05) is 19.6 Å². The Morgan fingerprint density at radius 3 is 2.73 bits per heavy atom. The van der Waals surface area contributed by atoms with E-state index in [-0.39, 0.29) is 30.7 Å². The van der Waals surface area contributed by atoms with Crippen molar-refractivity contribution < 1.29 is 13.6 Å². The van der Waals surface area contributed by atoms with Crippen LogP contribution in [0.15, 0.2) is 0 Å². The van der Waals surface area contributed by atoms with Crippen molar-refractivity contribution in [3.05, 3.63) is 0 Å². The summed E-state index contributed by atoms with van der Waals surface area (Å²) >= 11 is 0. The first-order valence-electron chi connectivity index (χ1n) is 5.34. The molecule has 1 amide bonds. The fraction of sp³-hybridized carbons (Fsp3) is 0.900. The van der Waals surface area contributed by atoms with Crippen LogP contribution in [0.4, 0.5) is 8.78 Å². The van der Waals surface area contributed by atoms with E-state index < -0.39 is 5.92 Å². The van der Waals surface area contributed by atoms with E-state index >= 15 is 0 Å². The first kappa shape index (κ1) is 10.8. The second-order valence-corrected chi connectivity index (χ2v) is 4.79. The summed E-state index contributed by atoms with van der Waals surface area (Å²) < 4.78 is 25.2. The lowest BCUT2D eigenvalue weighted by Gasteiger charge is -2.40. The molecule has 0 bridgehead atoms. The molecule has 86 valence electrons. The molecule has 0 aromatic rings. The van der Waals surface area contributed by atoms with E-state index in [9.17, 15) is 13.6 Å². The summed E-state index contributed by atoms with van der Waals surface area (Å²) in [6, 6.07) is 0.131. The van der Waals surface area contributed by atoms with Gasteiger partial charge in [0.05, 0.1) is 6.54 Å². The molecule has 1 atom stereocenters. The molecule has 2 fully saturated rings. The lowest BCUT2D eigenvalue weighted by atomic mass is 9.81. The molecule has 0 aromatic carbocycles. The zero-order valence-electron chi connectivity index (χ0n) is 8.80. The van der Waals surface area contributed by atoms with Gasteiger partial charge >= 0.3 is 0 Å². The van der Waals surface area contributed by atoms with E-state index in [0.717, 1.165) is 6.54 Å². The largest absolute Gasteiger partial charge is 0.351 e. The number of piperazine rings is 1. The number of carbonyl (C=O) groups is 1. The summed E-state index contributed by atoms with van der Waals surface area (Å²) in [7, 11) is 0. The molecule has 0 aromatic heterocycles. The number of carbonyl (C=O) groups excluding carboxylic acids is 1. The highest BCUT2D eigenvalue weighted by Gasteiger charge is 2.45. The quantitative estimate of drug-likeness (QED) is 0.745. The predicted octanol–water partition coefficient (Wildman–Crippen LogP) is 0.852. The van der Waals surface area contributed by atoms with Gasteiger partial charge in [0, 0.05) is 32.0 Å². The fourth-order valence-electron chi connectivity index (χ4n) is 2.44. The molecule has 1 aliphatic carbocycles. The maximum absolute atomic E-state index is 12.6. The number of halogens is 2. The van der Waals surface area contributed by atoms with E-state index in [4.69, 9.17) is 0 Å². The van der Waals surface area contributed by atoms with Crippen LogP contribution in [0.5, 0.6) is 0 Å². The van der Waals surface area contributed by atoms with Crippen LogP contribution in [-0.2, 0) is 4.79 Å². The predicted molar refractivity (Wildman–Crippen MR) is 51.7 cm³/mol. The number of rotatable bonds is 2. The van der Waals surface area contributed by atoms with Crippen LogP contribution in [0.1, 0.15) is 19.8 Å². The van der Waals surface area contributed by atoms with Crippen LogP contribution in [0.2, 0.25) is 0 Å². The van der Waals surface area contributed by atoms with Gasteiger partial charge in [-0.2, -0.15) is 0 Å². The van der Waals surface area contributed by atoms with Gasteiger partial charge in [-0.1, -0.05) is 0 Å². The number of amides is 1. The van der Waals surface area contributed by atoms with E-state index in [1.165, 1.54) is 0 Å². The van der Waals surface area contributed by atoms with E-state index in [1.54, 1.807) is 0 Å². The van der Waals surface area contributed by atoms with Crippen molar-refractivity contribution in [3.63, 3.8) is 0 Å². The van der Waals surface area contributed by atoms with Gasteiger partial charge in [0.15, 0.2) is 0 Å². The molecule has 1 unspecified atom stereocenters. The molecule has 15 heavy (non-hydrogen) atoms. The van der Waals surface area contributed by atoms with Gasteiger partial charge in [-0.3, -0.25) is 9.69 Å². The van der Waals surface area contributed by atoms with E-state index in [1.807, 2.05) is 11.8 Å². The number of nitrogens with one attached hydrogen (secondary N) is 1. The number of nitrogens with zero attached hydrogens (tertiary/aromatic N) is 1. The molecular formula is C10H16F2N2O. The molecule has 1 heterocycles. The molecular weight excluding hydrogens is 202 g/mol. The third-order valence-electron chi connectivity index (χ3n) is 3.00. The molecule has 1 aliphatic heterocycles. The van der Waals surface area contributed by atoms with Crippen molar-refractivity contribution in [2.24, 2.45) is 5.92 Å². The Morgan fingerprint density at radius 1 is 1.53 bits per heavy atom. The van der Waals surface area contributed by atoms with Crippen LogP contribution in [0, 0.1) is 5.92 Å². The van der Waals surface area contributed by atoms with Gasteiger partial charge in [-0.05, 0) is 12.8 Å². The van der Waals surface area contributed by atoms with Crippen molar-refractivity contribution in [2.45, 2.75) is 31.7 Å². The summed E-state index contributed by atoms with van der Waals surface area (Å²) in [4.78, 5) is 13.2. The average molecular weight is 218 g/mol. The molecule has 2 aliphatic rings. The third kappa shape index (κ3) is 2.65. The van der Waals surface area contributed by atoms with Crippen LogP contribution in [0.25, 0.3) is 0 Å². The van der Waals surface area contributed by atoms with Gasteiger partial charge in [0.1, 0.15) is 0 Å². The van der Waals surface area contributed by atoms with Crippen molar-refractivity contribution >= 4 is 5.91 Å². The number of hydrogen-bond acceptors (Lipinski definition) is 2. The second kappa shape index (κ2) is 3.70. The lowest BCUT2D eigenvalue weighted by Crippen LogP contribution is -2.55. The Morgan fingerprint density at radius 2 is 2.20 bits per heavy atom. The Balaban J connectivity index is 1.78. The summed E-state index contributed by atoms with van der Waals surface area (Å²) in [5.74, 6) is -2.38. The van der Waals surface area contributed by atoms with Crippen LogP contribution < -0.4 is 5.32 Å². The third-order valence-corrected chi connectivity index (χ3v) is 3.00. The average Bonchev–Trinajstić information content (AvgIpc) is 1.97. The van der Waals surface area contributed by atoms with E-state index in [2.05, 4.69) is 5.32 Å². The number of alkyl halides is 2. The Bertz CT molecular complexity index is 262. The molecule has 0 spiro atoms. The van der Waals surface area contributed by atoms with Gasteiger partial charge in [0.2, 0.25) is 11.8 Å². The van der Waals surface area contributed by atoms with Gasteiger partial charge in [-0.25, -0.2) is 8.78 Å². The van der Waals surface area contributed by atoms with Crippen molar-refractivity contribution in [3.8, 4) is 0 Å². The molecule has 1 saturated heterocycles. The van der Waals surface area contributed by atoms with E-state index in [0.29, 0.717) is 13.1 Å². The summed E-state index contributed by atoms with van der Waals surface area (Å²) in [6.45, 7) is 3.69. The number of hydrogen-bond donors (Lipinski definition) is 1. The highest BCUT2D eigenvalue weighted by Crippen LogP contribution is 2.42. The van der Waals surface area contributed by atoms with Gasteiger partial charge in [-0.15, -0.1) is 0 Å². The normalized spacial score (nSPS) is 32.2. The summed E-state index contributed by atoms with van der Waals surface area (Å²) in [5, 5.41) is 2.81. The zero-order chi connectivity index (χ0) is 11.1. The van der Waals surface area contributed by atoms with Crippen LogP contribution >= 0.6 is 0 Å². The topological polar surface area (TPSA) is 32.3 Å². The first-order chi connectivity index (χ1) is 6.94. The summed E-state index contributed by atoms with van der Waals surface area (Å²) in [6.07, 6.45) is -0.0288. The van der Waals surface area contributed by atoms with Crippen molar-refractivity contribution in [1.82, 2.24) is 10.2 Å². The van der Waals surface area contributed by atoms with Gasteiger partial charge in [0.25, 0.3) is 0 Å². The zero-order valence-corrected chi connectivity index (χ0v) is 8.80. The highest BCUT2D eigenvalue weighted by atomic mass is 19.3. The second-order valence-electron chi connectivity index (χ2n) is 4.79. The van der Waals surface area contributed by atoms with Crippen LogP contribution in [0.3, 0.4) is 0 Å². The first-order valence-corrected chi connectivity index (χ1v) is 5.34. The summed E-state index contributed by atoms with van der Waals surface area (Å²) in [5.41, 5.74) is 0. The monoisotopic (exact) mass is 218 g/mol. The molecule has 3 nitrogen and oxygen atoms in total. The SMILES string of the molecule is CC1CN(CC2CC(F)(F)C2)CC(=O)N1. The molecule has 2 rings (SSSR count). The Labute approximate surface area is 87.8 Å². The molecule has 1 N–H and O–H groups in total. The van der Waals surface area contributed by atoms with Crippen LogP contribution in [-0.4, -0.2) is 42.4 Å². The smallest absolute Gasteiger partial charge is 0.248 e. The molecule has 5 heteroatoms. The minimum Gasteiger partial charge on any atom is -0.351 e. The highest BCUT2D eigenvalue weighted by molar-refractivity contribution is 5.79. The van der Waals surface area contributed by atoms with Gasteiger partial charge < -0.3 is 5.32 Å². The maximum atomic E-state index is 12.6. The minimum atomic E-state index is -2.45. The lowest BCUT2D eigenvalue weighted by molar-refractivity contribution is -0.130. The molecule has 0 radical (unpaired) electrons.